The SMILES string of the molecule is C=C1C[C@]23C[C@@]1(O)CC[C@H]2[C@]1(C=O)CC[C@H](O)[C@@](C)(C(=O)OC)[C@H]1[C@@H]3C(=O)OC. The Balaban J connectivity index is 2.00. The third kappa shape index (κ3) is 2.18. The minimum atomic E-state index is -1.43. The molecule has 4 rings (SSSR count). The van der Waals surface area contributed by atoms with Crippen LogP contribution in [0.4, 0.5) is 0 Å². The van der Waals surface area contributed by atoms with Gasteiger partial charge in [-0.1, -0.05) is 6.58 Å². The summed E-state index contributed by atoms with van der Waals surface area (Å²) in [6.45, 7) is 5.68. The molecule has 0 radical (unpaired) electrons. The molecule has 0 unspecified atom stereocenters. The molecule has 1 spiro atoms. The molecule has 0 aromatic rings. The number of fused-ring (bicyclic) bond motifs is 3. The van der Waals surface area contributed by atoms with E-state index in [1.54, 1.807) is 6.92 Å². The Bertz CT molecular complexity index is 792. The van der Waals surface area contributed by atoms with Crippen molar-refractivity contribution in [1.82, 2.24) is 0 Å². The van der Waals surface area contributed by atoms with E-state index in [9.17, 15) is 24.6 Å². The van der Waals surface area contributed by atoms with Crippen LogP contribution in [0.5, 0.6) is 0 Å². The minimum Gasteiger partial charge on any atom is -0.469 e. The molecule has 4 aliphatic rings. The molecule has 8 atom stereocenters. The molecular weight excluding hydrogens is 376 g/mol. The molecule has 2 bridgehead atoms. The molecule has 4 aliphatic carbocycles. The largest absolute Gasteiger partial charge is 0.469 e. The highest BCUT2D eigenvalue weighted by atomic mass is 16.5. The summed E-state index contributed by atoms with van der Waals surface area (Å²) in [7, 11) is 2.55. The normalized spacial score (nSPS) is 50.4. The first kappa shape index (κ1) is 20.5. The Labute approximate surface area is 170 Å². The summed E-state index contributed by atoms with van der Waals surface area (Å²) in [4.78, 5) is 38.9. The average molecular weight is 406 g/mol. The first-order valence-corrected chi connectivity index (χ1v) is 10.3. The molecular formula is C22H30O7. The van der Waals surface area contributed by atoms with E-state index in [1.165, 1.54) is 14.2 Å². The third-order valence-electron chi connectivity index (χ3n) is 9.03. The number of carbonyl (C=O) groups is 3. The van der Waals surface area contributed by atoms with Crippen LogP contribution in [0.2, 0.25) is 0 Å². The van der Waals surface area contributed by atoms with Crippen molar-refractivity contribution in [3.8, 4) is 0 Å². The van der Waals surface area contributed by atoms with Gasteiger partial charge in [-0.25, -0.2) is 0 Å². The highest BCUT2D eigenvalue weighted by molar-refractivity contribution is 5.84. The van der Waals surface area contributed by atoms with Crippen LogP contribution in [-0.2, 0) is 23.9 Å². The lowest BCUT2D eigenvalue weighted by atomic mass is 9.52. The van der Waals surface area contributed by atoms with E-state index in [0.717, 1.165) is 6.29 Å². The van der Waals surface area contributed by atoms with Crippen molar-refractivity contribution in [2.75, 3.05) is 14.2 Å². The Morgan fingerprint density at radius 2 is 1.90 bits per heavy atom. The number of aliphatic hydroxyl groups is 2. The number of hydrogen-bond donors (Lipinski definition) is 2. The summed E-state index contributed by atoms with van der Waals surface area (Å²) in [5.74, 6) is -2.91. The van der Waals surface area contributed by atoms with Crippen molar-refractivity contribution < 1.29 is 34.1 Å². The predicted molar refractivity (Wildman–Crippen MR) is 101 cm³/mol. The van der Waals surface area contributed by atoms with Crippen molar-refractivity contribution in [3.05, 3.63) is 12.2 Å². The first-order valence-electron chi connectivity index (χ1n) is 10.3. The van der Waals surface area contributed by atoms with Gasteiger partial charge in [-0.15, -0.1) is 0 Å². The van der Waals surface area contributed by atoms with Crippen molar-refractivity contribution in [3.63, 3.8) is 0 Å². The van der Waals surface area contributed by atoms with Crippen LogP contribution in [0, 0.1) is 34.0 Å². The first-order chi connectivity index (χ1) is 13.6. The molecule has 7 heteroatoms. The van der Waals surface area contributed by atoms with E-state index >= 15 is 0 Å². The van der Waals surface area contributed by atoms with E-state index in [0.29, 0.717) is 37.7 Å². The maximum absolute atomic E-state index is 13.2. The number of carbonyl (C=O) groups excluding carboxylic acids is 3. The van der Waals surface area contributed by atoms with Crippen LogP contribution < -0.4 is 0 Å². The Kier molecular flexibility index (Phi) is 4.35. The van der Waals surface area contributed by atoms with Crippen LogP contribution in [0.25, 0.3) is 0 Å². The lowest BCUT2D eigenvalue weighted by Crippen LogP contribution is -2.59. The van der Waals surface area contributed by atoms with E-state index in [-0.39, 0.29) is 12.3 Å². The Hall–Kier alpha value is -1.73. The number of hydrogen-bond acceptors (Lipinski definition) is 7. The summed E-state index contributed by atoms with van der Waals surface area (Å²) < 4.78 is 10.2. The molecule has 160 valence electrons. The highest BCUT2D eigenvalue weighted by Gasteiger charge is 2.79. The van der Waals surface area contributed by atoms with Crippen molar-refractivity contribution >= 4 is 18.2 Å². The Morgan fingerprint density at radius 1 is 1.21 bits per heavy atom. The van der Waals surface area contributed by atoms with Crippen LogP contribution in [0.3, 0.4) is 0 Å². The van der Waals surface area contributed by atoms with Gasteiger partial charge in [-0.05, 0) is 62.4 Å². The van der Waals surface area contributed by atoms with E-state index in [1.807, 2.05) is 0 Å². The summed E-state index contributed by atoms with van der Waals surface area (Å²) in [5, 5.41) is 22.1. The van der Waals surface area contributed by atoms with Gasteiger partial charge in [-0.2, -0.15) is 0 Å². The lowest BCUT2D eigenvalue weighted by Gasteiger charge is -2.51. The average Bonchev–Trinajstić information content (AvgIpc) is 3.07. The predicted octanol–water partition coefficient (Wildman–Crippen LogP) is 1.40. The summed E-state index contributed by atoms with van der Waals surface area (Å²) in [6, 6.07) is 0. The van der Waals surface area contributed by atoms with Crippen LogP contribution in [0.15, 0.2) is 12.2 Å². The number of esters is 2. The maximum atomic E-state index is 13.2. The van der Waals surface area contributed by atoms with Gasteiger partial charge in [0.2, 0.25) is 0 Å². The minimum absolute atomic E-state index is 0.197. The highest BCUT2D eigenvalue weighted by Crippen LogP contribution is 2.77. The smallest absolute Gasteiger partial charge is 0.314 e. The number of aldehydes is 1. The second-order valence-corrected chi connectivity index (χ2v) is 9.85. The molecule has 7 nitrogen and oxygen atoms in total. The third-order valence-corrected chi connectivity index (χ3v) is 9.03. The van der Waals surface area contributed by atoms with Crippen LogP contribution in [-0.4, -0.2) is 54.4 Å². The van der Waals surface area contributed by atoms with Crippen LogP contribution >= 0.6 is 0 Å². The van der Waals surface area contributed by atoms with Crippen molar-refractivity contribution in [2.45, 2.75) is 57.2 Å². The molecule has 0 aromatic heterocycles. The molecule has 0 heterocycles. The fraction of sp³-hybridized carbons (Fsp3) is 0.773. The maximum Gasteiger partial charge on any atom is 0.314 e. The van der Waals surface area contributed by atoms with Gasteiger partial charge in [0.05, 0.1) is 37.3 Å². The zero-order valence-corrected chi connectivity index (χ0v) is 17.3. The van der Waals surface area contributed by atoms with Crippen LogP contribution in [0.1, 0.15) is 45.4 Å². The lowest BCUT2D eigenvalue weighted by molar-refractivity contribution is -0.185. The van der Waals surface area contributed by atoms with Gasteiger partial charge in [0.15, 0.2) is 0 Å². The van der Waals surface area contributed by atoms with E-state index in [2.05, 4.69) is 6.58 Å². The number of rotatable bonds is 3. The summed E-state index contributed by atoms with van der Waals surface area (Å²) in [5.41, 5.74) is -3.51. The fourth-order valence-electron chi connectivity index (χ4n) is 7.90. The van der Waals surface area contributed by atoms with Gasteiger partial charge < -0.3 is 24.5 Å². The molecule has 0 aliphatic heterocycles. The van der Waals surface area contributed by atoms with E-state index < -0.39 is 51.7 Å². The second kappa shape index (κ2) is 6.14. The van der Waals surface area contributed by atoms with Gasteiger partial charge in [0, 0.05) is 11.3 Å². The van der Waals surface area contributed by atoms with Gasteiger partial charge >= 0.3 is 11.9 Å². The molecule has 29 heavy (non-hydrogen) atoms. The number of aliphatic hydroxyl groups excluding tert-OH is 1. The van der Waals surface area contributed by atoms with Crippen molar-refractivity contribution in [2.24, 2.45) is 34.0 Å². The standard InChI is InChI=1S/C22H30O7/c1-12-9-21-10-22(12,27)8-5-13(21)20(11-23)7-6-14(24)19(2,18(26)29-4)16(20)15(21)17(25)28-3/h11,13-16,24,27H,1,5-10H2,2-4H3/t13-,14-,15+,16+,19+,20+,21-,22-/m0/s1. The molecule has 4 saturated carbocycles. The quantitative estimate of drug-likeness (QED) is 0.414. The summed E-state index contributed by atoms with van der Waals surface area (Å²) in [6.07, 6.45) is 2.30. The topological polar surface area (TPSA) is 110 Å². The molecule has 2 N–H and O–H groups in total. The van der Waals surface area contributed by atoms with Gasteiger partial charge in [0.1, 0.15) is 6.29 Å². The van der Waals surface area contributed by atoms with Crippen molar-refractivity contribution in [1.29, 1.82) is 0 Å². The summed E-state index contributed by atoms with van der Waals surface area (Å²) >= 11 is 0. The molecule has 0 amide bonds. The Morgan fingerprint density at radius 3 is 2.48 bits per heavy atom. The molecule has 0 aromatic carbocycles. The van der Waals surface area contributed by atoms with E-state index in [4.69, 9.17) is 9.47 Å². The zero-order chi connectivity index (χ0) is 21.4. The monoisotopic (exact) mass is 406 g/mol. The molecule has 4 fully saturated rings. The second-order valence-electron chi connectivity index (χ2n) is 9.85. The zero-order valence-electron chi connectivity index (χ0n) is 17.3. The van der Waals surface area contributed by atoms with Gasteiger partial charge in [0.25, 0.3) is 0 Å². The molecule has 0 saturated heterocycles. The number of ether oxygens (including phenoxy) is 2. The van der Waals surface area contributed by atoms with Gasteiger partial charge in [-0.3, -0.25) is 9.59 Å². The fourth-order valence-corrected chi connectivity index (χ4v) is 7.90. The number of methoxy groups -OCH3 is 2.